The molecule has 1 fully saturated rings. The Morgan fingerprint density at radius 2 is 1.55 bits per heavy atom. The molecule has 0 aliphatic carbocycles. The number of hydrogen-bond acceptors (Lipinski definition) is 5. The van der Waals surface area contributed by atoms with Crippen LogP contribution < -0.4 is 10.6 Å². The van der Waals surface area contributed by atoms with Crippen LogP contribution in [0, 0.1) is 5.41 Å². The van der Waals surface area contributed by atoms with Crippen molar-refractivity contribution in [3.05, 3.63) is 66.2 Å². The zero-order valence-corrected chi connectivity index (χ0v) is 17.9. The van der Waals surface area contributed by atoms with Gasteiger partial charge in [-0.25, -0.2) is 0 Å². The molecule has 0 spiro atoms. The number of likely N-dealkylation sites (N-methyl/N-ethyl adjacent to an activating group) is 1. The largest absolute Gasteiger partial charge is 0.396 e. The van der Waals surface area contributed by atoms with Crippen molar-refractivity contribution in [2.45, 2.75) is 31.7 Å². The molecule has 3 N–H and O–H groups in total. The van der Waals surface area contributed by atoms with Crippen LogP contribution in [0.15, 0.2) is 60.7 Å². The minimum absolute atomic E-state index is 0.0555. The van der Waals surface area contributed by atoms with Crippen LogP contribution in [0.25, 0.3) is 0 Å². The highest BCUT2D eigenvalue weighted by molar-refractivity contribution is 6.07. The van der Waals surface area contributed by atoms with Crippen molar-refractivity contribution >= 4 is 23.4 Å². The van der Waals surface area contributed by atoms with Gasteiger partial charge < -0.3 is 15.7 Å². The maximum Gasteiger partial charge on any atom is 0.247 e. The van der Waals surface area contributed by atoms with Gasteiger partial charge in [-0.05, 0) is 17.7 Å². The first-order chi connectivity index (χ1) is 14.9. The second kappa shape index (κ2) is 9.31. The highest BCUT2D eigenvalue weighted by Gasteiger charge is 2.61. The fourth-order valence-electron chi connectivity index (χ4n) is 4.30. The van der Waals surface area contributed by atoms with Crippen LogP contribution in [0.4, 0.5) is 5.69 Å². The summed E-state index contributed by atoms with van der Waals surface area (Å²) >= 11 is 0. The van der Waals surface area contributed by atoms with Gasteiger partial charge in [0.15, 0.2) is 0 Å². The molecule has 7 nitrogen and oxygen atoms in total. The van der Waals surface area contributed by atoms with Gasteiger partial charge in [0.1, 0.15) is 5.54 Å². The van der Waals surface area contributed by atoms with Crippen molar-refractivity contribution in [3.8, 4) is 0 Å². The lowest BCUT2D eigenvalue weighted by atomic mass is 9.65. The second-order valence-electron chi connectivity index (χ2n) is 8.16. The first kappa shape index (κ1) is 22.5. The number of rotatable bonds is 9. The summed E-state index contributed by atoms with van der Waals surface area (Å²) in [6.07, 6.45) is 0.207. The number of aliphatic hydroxyl groups is 1. The number of para-hydroxylation sites is 1. The Kier molecular flexibility index (Phi) is 6.75. The van der Waals surface area contributed by atoms with Crippen molar-refractivity contribution in [3.63, 3.8) is 0 Å². The topological polar surface area (TPSA) is 98.7 Å². The van der Waals surface area contributed by atoms with Crippen molar-refractivity contribution in [1.82, 2.24) is 10.2 Å². The molecular formula is C24H29N3O4. The van der Waals surface area contributed by atoms with Crippen molar-refractivity contribution in [2.75, 3.05) is 25.5 Å². The first-order valence-electron chi connectivity index (χ1n) is 10.4. The molecule has 2 aromatic rings. The van der Waals surface area contributed by atoms with E-state index in [2.05, 4.69) is 10.6 Å². The number of hydrogen-bond donors (Lipinski definition) is 3. The van der Waals surface area contributed by atoms with E-state index >= 15 is 0 Å². The Morgan fingerprint density at radius 1 is 1.00 bits per heavy atom. The molecule has 1 saturated heterocycles. The van der Waals surface area contributed by atoms with E-state index in [4.69, 9.17) is 0 Å². The molecule has 0 radical (unpaired) electrons. The summed E-state index contributed by atoms with van der Waals surface area (Å²) in [5.41, 5.74) is -1.18. The van der Waals surface area contributed by atoms with Gasteiger partial charge in [-0.15, -0.1) is 0 Å². The average molecular weight is 424 g/mol. The van der Waals surface area contributed by atoms with E-state index in [-0.39, 0.29) is 25.8 Å². The third-order valence-electron chi connectivity index (χ3n) is 6.14. The van der Waals surface area contributed by atoms with E-state index in [9.17, 15) is 19.5 Å². The number of likely N-dealkylation sites (tertiary alicyclic amines) is 1. The Bertz CT molecular complexity index is 918. The zero-order chi connectivity index (χ0) is 22.5. The quantitative estimate of drug-likeness (QED) is 0.536. The molecule has 2 aromatic carbocycles. The third kappa shape index (κ3) is 4.18. The average Bonchev–Trinajstić information content (AvgIpc) is 3.14. The number of anilines is 1. The van der Waals surface area contributed by atoms with E-state index in [0.717, 1.165) is 16.2 Å². The van der Waals surface area contributed by atoms with Gasteiger partial charge in [-0.2, -0.15) is 0 Å². The monoisotopic (exact) mass is 423 g/mol. The molecule has 7 heteroatoms. The summed E-state index contributed by atoms with van der Waals surface area (Å²) in [4.78, 5) is 40.4. The zero-order valence-electron chi connectivity index (χ0n) is 17.9. The minimum atomic E-state index is -1.61. The molecule has 2 atom stereocenters. The van der Waals surface area contributed by atoms with Crippen LogP contribution in [-0.2, 0) is 20.8 Å². The lowest BCUT2D eigenvalue weighted by Gasteiger charge is -2.50. The van der Waals surface area contributed by atoms with Crippen molar-refractivity contribution < 1.29 is 19.5 Å². The van der Waals surface area contributed by atoms with E-state index in [1.165, 1.54) is 7.05 Å². The summed E-state index contributed by atoms with van der Waals surface area (Å²) in [5.74, 6) is -1.28. The molecule has 1 aliphatic rings. The predicted molar refractivity (Wildman–Crippen MR) is 118 cm³/mol. The van der Waals surface area contributed by atoms with E-state index in [0.29, 0.717) is 0 Å². The van der Waals surface area contributed by atoms with Crippen molar-refractivity contribution in [2.24, 2.45) is 5.41 Å². The smallest absolute Gasteiger partial charge is 0.247 e. The maximum absolute atomic E-state index is 13.5. The lowest BCUT2D eigenvalue weighted by Crippen LogP contribution is -2.71. The Morgan fingerprint density at radius 3 is 2.06 bits per heavy atom. The van der Waals surface area contributed by atoms with Crippen LogP contribution in [0.3, 0.4) is 0 Å². The summed E-state index contributed by atoms with van der Waals surface area (Å²) in [6, 6.07) is 18.7. The first-order valence-corrected chi connectivity index (χ1v) is 10.4. The van der Waals surface area contributed by atoms with Gasteiger partial charge in [0.2, 0.25) is 17.7 Å². The number of amides is 3. The molecular weight excluding hydrogens is 394 g/mol. The van der Waals surface area contributed by atoms with Gasteiger partial charge in [0, 0.05) is 44.0 Å². The summed E-state index contributed by atoms with van der Waals surface area (Å²) in [6.45, 7) is 1.50. The van der Waals surface area contributed by atoms with Crippen LogP contribution in [-0.4, -0.2) is 53.5 Å². The highest BCUT2D eigenvalue weighted by atomic mass is 16.3. The molecule has 3 amide bonds. The Labute approximate surface area is 182 Å². The molecule has 164 valence electrons. The SMILES string of the molecule is CNC(=O)[C@](Cc1ccccc1)(N1C(=O)CCC1=O)[C@](C)(CO)CNc1ccccc1. The lowest BCUT2D eigenvalue weighted by molar-refractivity contribution is -0.164. The molecule has 1 heterocycles. The van der Waals surface area contributed by atoms with Gasteiger partial charge in [0.05, 0.1) is 6.61 Å². The summed E-state index contributed by atoms with van der Waals surface area (Å²) in [5, 5.41) is 16.5. The van der Waals surface area contributed by atoms with E-state index in [1.54, 1.807) is 6.92 Å². The normalized spacial score (nSPS) is 17.7. The number of imide groups is 1. The van der Waals surface area contributed by atoms with Crippen LogP contribution >= 0.6 is 0 Å². The fraction of sp³-hybridized carbons (Fsp3) is 0.375. The standard InChI is InChI=1S/C24H29N3O4/c1-23(17-28,16-26-19-11-7-4-8-12-19)24(22(31)25-2,15-18-9-5-3-6-10-18)27-20(29)13-14-21(27)30/h3-12,26,28H,13-17H2,1-2H3,(H,25,31)/t23-,24-/m0/s1. The minimum Gasteiger partial charge on any atom is -0.396 e. The van der Waals surface area contributed by atoms with E-state index < -0.39 is 35.3 Å². The number of carbonyl (C=O) groups excluding carboxylic acids is 3. The highest BCUT2D eigenvalue weighted by Crippen LogP contribution is 2.42. The number of nitrogens with zero attached hydrogens (tertiary/aromatic N) is 1. The Balaban J connectivity index is 2.14. The molecule has 3 rings (SSSR count). The molecule has 1 aliphatic heterocycles. The van der Waals surface area contributed by atoms with E-state index in [1.807, 2.05) is 60.7 Å². The van der Waals surface area contributed by atoms with Crippen LogP contribution in [0.2, 0.25) is 0 Å². The molecule has 0 aromatic heterocycles. The van der Waals surface area contributed by atoms with Crippen molar-refractivity contribution in [1.29, 1.82) is 0 Å². The third-order valence-corrected chi connectivity index (χ3v) is 6.14. The number of benzene rings is 2. The molecule has 31 heavy (non-hydrogen) atoms. The van der Waals surface area contributed by atoms with Gasteiger partial charge in [0.25, 0.3) is 0 Å². The molecule has 0 bridgehead atoms. The van der Waals surface area contributed by atoms with Gasteiger partial charge >= 0.3 is 0 Å². The Hall–Kier alpha value is -3.19. The second-order valence-corrected chi connectivity index (χ2v) is 8.16. The predicted octanol–water partition coefficient (Wildman–Crippen LogP) is 1.97. The molecule has 0 saturated carbocycles. The fourth-order valence-corrected chi connectivity index (χ4v) is 4.30. The van der Waals surface area contributed by atoms with Crippen LogP contribution in [0.1, 0.15) is 25.3 Å². The number of aliphatic hydroxyl groups excluding tert-OH is 1. The number of nitrogens with one attached hydrogen (secondary N) is 2. The van der Waals surface area contributed by atoms with Gasteiger partial charge in [-0.3, -0.25) is 19.3 Å². The number of carbonyl (C=O) groups is 3. The van der Waals surface area contributed by atoms with Gasteiger partial charge in [-0.1, -0.05) is 55.5 Å². The molecule has 0 unspecified atom stereocenters. The maximum atomic E-state index is 13.5. The van der Waals surface area contributed by atoms with Crippen LogP contribution in [0.5, 0.6) is 0 Å². The summed E-state index contributed by atoms with van der Waals surface area (Å²) < 4.78 is 0. The summed E-state index contributed by atoms with van der Waals surface area (Å²) in [7, 11) is 1.48.